The van der Waals surface area contributed by atoms with Gasteiger partial charge in [-0.25, -0.2) is 0 Å². The summed E-state index contributed by atoms with van der Waals surface area (Å²) in [5, 5.41) is 0. The summed E-state index contributed by atoms with van der Waals surface area (Å²) in [5.74, 6) is 0. The molecule has 1 aliphatic carbocycles. The van der Waals surface area contributed by atoms with Gasteiger partial charge in [-0.15, -0.1) is 0 Å². The highest BCUT2D eigenvalue weighted by molar-refractivity contribution is 5.53. The van der Waals surface area contributed by atoms with E-state index in [9.17, 15) is 0 Å². The average molecular weight is 232 g/mol. The number of anilines is 2. The fourth-order valence-corrected chi connectivity index (χ4v) is 2.69. The van der Waals surface area contributed by atoms with E-state index < -0.39 is 0 Å². The van der Waals surface area contributed by atoms with Crippen LogP contribution in [0.4, 0.5) is 11.4 Å². The van der Waals surface area contributed by atoms with E-state index in [2.05, 4.69) is 37.9 Å². The number of nitrogen functional groups attached to an aromatic ring is 1. The third-order valence-corrected chi connectivity index (χ3v) is 4.16. The number of benzene rings is 1. The second-order valence-electron chi connectivity index (χ2n) is 6.10. The van der Waals surface area contributed by atoms with Crippen LogP contribution >= 0.6 is 0 Å². The predicted octanol–water partition coefficient (Wildman–Crippen LogP) is 3.67. The zero-order valence-corrected chi connectivity index (χ0v) is 11.2. The van der Waals surface area contributed by atoms with Gasteiger partial charge >= 0.3 is 0 Å². The molecule has 2 rings (SSSR count). The summed E-state index contributed by atoms with van der Waals surface area (Å²) >= 11 is 0. The van der Waals surface area contributed by atoms with Crippen molar-refractivity contribution in [2.24, 2.45) is 5.41 Å². The largest absolute Gasteiger partial charge is 0.399 e. The highest BCUT2D eigenvalue weighted by atomic mass is 15.1. The van der Waals surface area contributed by atoms with Gasteiger partial charge in [0.25, 0.3) is 0 Å². The van der Waals surface area contributed by atoms with Gasteiger partial charge in [0, 0.05) is 24.5 Å². The lowest BCUT2D eigenvalue weighted by Gasteiger charge is -2.39. The number of hydrogen-bond donors (Lipinski definition) is 1. The Morgan fingerprint density at radius 1 is 1.12 bits per heavy atom. The number of nitrogens with zero attached hydrogens (tertiary/aromatic N) is 1. The third-order valence-electron chi connectivity index (χ3n) is 4.16. The smallest absolute Gasteiger partial charge is 0.0367 e. The quantitative estimate of drug-likeness (QED) is 0.788. The van der Waals surface area contributed by atoms with Crippen LogP contribution < -0.4 is 10.6 Å². The van der Waals surface area contributed by atoms with Crippen LogP contribution in [0.2, 0.25) is 0 Å². The van der Waals surface area contributed by atoms with Crippen LogP contribution in [-0.2, 0) is 0 Å². The lowest BCUT2D eigenvalue weighted by molar-refractivity contribution is 0.222. The summed E-state index contributed by atoms with van der Waals surface area (Å²) in [6, 6.07) is 8.90. The monoisotopic (exact) mass is 232 g/mol. The van der Waals surface area contributed by atoms with Crippen LogP contribution in [0.5, 0.6) is 0 Å². The third kappa shape index (κ3) is 2.93. The Hall–Kier alpha value is -1.18. The molecular formula is C15H24N2. The molecular weight excluding hydrogens is 208 g/mol. The first kappa shape index (κ1) is 12.3. The van der Waals surface area contributed by atoms with Gasteiger partial charge in [-0.3, -0.25) is 0 Å². The van der Waals surface area contributed by atoms with Gasteiger partial charge in [0.05, 0.1) is 0 Å². The topological polar surface area (TPSA) is 29.3 Å². The predicted molar refractivity (Wildman–Crippen MR) is 75.3 cm³/mol. The molecule has 94 valence electrons. The van der Waals surface area contributed by atoms with Crippen LogP contribution in [-0.4, -0.2) is 13.1 Å². The Morgan fingerprint density at radius 2 is 1.65 bits per heavy atom. The van der Waals surface area contributed by atoms with Crippen molar-refractivity contribution in [1.82, 2.24) is 0 Å². The van der Waals surface area contributed by atoms with Crippen molar-refractivity contribution in [3.05, 3.63) is 24.3 Å². The molecule has 2 N–H and O–H groups in total. The van der Waals surface area contributed by atoms with Crippen LogP contribution in [0.1, 0.15) is 39.5 Å². The summed E-state index contributed by atoms with van der Waals surface area (Å²) in [5.41, 5.74) is 8.38. The van der Waals surface area contributed by atoms with Gasteiger partial charge in [0.1, 0.15) is 0 Å². The van der Waals surface area contributed by atoms with E-state index in [1.165, 1.54) is 31.4 Å². The van der Waals surface area contributed by atoms with Gasteiger partial charge in [0.15, 0.2) is 0 Å². The summed E-state index contributed by atoms with van der Waals surface area (Å²) in [4.78, 5) is 2.41. The van der Waals surface area contributed by atoms with E-state index in [4.69, 9.17) is 5.73 Å². The van der Waals surface area contributed by atoms with Crippen molar-refractivity contribution < 1.29 is 0 Å². The van der Waals surface area contributed by atoms with Gasteiger partial charge in [0.2, 0.25) is 0 Å². The Labute approximate surface area is 105 Å². The molecule has 0 saturated heterocycles. The van der Waals surface area contributed by atoms with E-state index in [1.54, 1.807) is 0 Å². The van der Waals surface area contributed by atoms with Gasteiger partial charge in [-0.1, -0.05) is 13.8 Å². The SMILES string of the molecule is CN(c1ccc(N)cc1)C1CCC(C)(C)CC1. The molecule has 2 heteroatoms. The van der Waals surface area contributed by atoms with Crippen LogP contribution in [0.3, 0.4) is 0 Å². The molecule has 2 nitrogen and oxygen atoms in total. The molecule has 0 aromatic heterocycles. The van der Waals surface area contributed by atoms with E-state index in [0.717, 1.165) is 5.69 Å². The minimum atomic E-state index is 0.540. The summed E-state index contributed by atoms with van der Waals surface area (Å²) in [6.45, 7) is 4.76. The average Bonchev–Trinajstić information content (AvgIpc) is 2.29. The molecule has 0 spiro atoms. The number of hydrogen-bond acceptors (Lipinski definition) is 2. The molecule has 17 heavy (non-hydrogen) atoms. The highest BCUT2D eigenvalue weighted by Gasteiger charge is 2.28. The molecule has 1 aliphatic rings. The minimum Gasteiger partial charge on any atom is -0.399 e. The van der Waals surface area contributed by atoms with Crippen molar-refractivity contribution >= 4 is 11.4 Å². The Bertz CT molecular complexity index is 357. The van der Waals surface area contributed by atoms with E-state index in [1.807, 2.05) is 12.1 Å². The molecule has 0 radical (unpaired) electrons. The van der Waals surface area contributed by atoms with E-state index in [-0.39, 0.29) is 0 Å². The van der Waals surface area contributed by atoms with Gasteiger partial charge in [-0.2, -0.15) is 0 Å². The summed E-state index contributed by atoms with van der Waals surface area (Å²) in [7, 11) is 2.20. The molecule has 1 aromatic rings. The van der Waals surface area contributed by atoms with E-state index >= 15 is 0 Å². The molecule has 0 atom stereocenters. The fraction of sp³-hybridized carbons (Fsp3) is 0.600. The minimum absolute atomic E-state index is 0.540. The first-order valence-corrected chi connectivity index (χ1v) is 6.56. The van der Waals surface area contributed by atoms with Crippen LogP contribution in [0.15, 0.2) is 24.3 Å². The van der Waals surface area contributed by atoms with Crippen molar-refractivity contribution in [3.8, 4) is 0 Å². The van der Waals surface area contributed by atoms with Crippen molar-refractivity contribution in [3.63, 3.8) is 0 Å². The van der Waals surface area contributed by atoms with E-state index in [0.29, 0.717) is 11.5 Å². The van der Waals surface area contributed by atoms with Gasteiger partial charge < -0.3 is 10.6 Å². The second kappa shape index (κ2) is 4.59. The Morgan fingerprint density at radius 3 is 2.18 bits per heavy atom. The van der Waals surface area contributed by atoms with Crippen molar-refractivity contribution in [2.45, 2.75) is 45.6 Å². The molecule has 0 bridgehead atoms. The lowest BCUT2D eigenvalue weighted by Crippen LogP contribution is -2.37. The fourth-order valence-electron chi connectivity index (χ4n) is 2.69. The number of rotatable bonds is 2. The lowest BCUT2D eigenvalue weighted by atomic mass is 9.75. The Balaban J connectivity index is 2.01. The molecule has 1 saturated carbocycles. The molecule has 0 amide bonds. The normalized spacial score (nSPS) is 20.2. The molecule has 0 heterocycles. The molecule has 1 fully saturated rings. The van der Waals surface area contributed by atoms with Crippen LogP contribution in [0, 0.1) is 5.41 Å². The first-order valence-electron chi connectivity index (χ1n) is 6.56. The maximum Gasteiger partial charge on any atom is 0.0367 e. The summed E-state index contributed by atoms with van der Waals surface area (Å²) in [6.07, 6.45) is 5.26. The van der Waals surface area contributed by atoms with Crippen molar-refractivity contribution in [2.75, 3.05) is 17.7 Å². The first-order chi connectivity index (χ1) is 7.98. The second-order valence-corrected chi connectivity index (χ2v) is 6.10. The standard InChI is InChI=1S/C15H24N2/c1-15(2)10-8-14(9-11-15)17(3)13-6-4-12(16)5-7-13/h4-7,14H,8-11,16H2,1-3H3. The number of nitrogens with two attached hydrogens (primary N) is 1. The van der Waals surface area contributed by atoms with Crippen molar-refractivity contribution in [1.29, 1.82) is 0 Å². The summed E-state index contributed by atoms with van der Waals surface area (Å²) < 4.78 is 0. The molecule has 1 aromatic carbocycles. The zero-order valence-electron chi connectivity index (χ0n) is 11.2. The highest BCUT2D eigenvalue weighted by Crippen LogP contribution is 2.37. The van der Waals surface area contributed by atoms with Gasteiger partial charge in [-0.05, 0) is 55.4 Å². The molecule has 0 aliphatic heterocycles. The maximum atomic E-state index is 5.72. The zero-order chi connectivity index (χ0) is 12.5. The maximum absolute atomic E-state index is 5.72. The Kier molecular flexibility index (Phi) is 3.32. The van der Waals surface area contributed by atoms with Crippen LogP contribution in [0.25, 0.3) is 0 Å². The molecule has 0 unspecified atom stereocenters.